The third-order valence-corrected chi connectivity index (χ3v) is 10.5. The second kappa shape index (κ2) is 16.6. The highest BCUT2D eigenvalue weighted by molar-refractivity contribution is 5.99. The molecule has 0 saturated carbocycles. The van der Waals surface area contributed by atoms with E-state index in [1.165, 1.54) is 7.11 Å². The fraction of sp³-hybridized carbons (Fsp3) is 0.622. The number of likely N-dealkylation sites (tertiary alicyclic amines) is 1. The fourth-order valence-corrected chi connectivity index (χ4v) is 8.04. The molecule has 5 heterocycles. The van der Waals surface area contributed by atoms with Crippen LogP contribution >= 0.6 is 0 Å². The van der Waals surface area contributed by atoms with Crippen LogP contribution < -0.4 is 5.32 Å². The lowest BCUT2D eigenvalue weighted by Gasteiger charge is -2.36. The van der Waals surface area contributed by atoms with Crippen LogP contribution in [0.15, 0.2) is 54.6 Å². The molecule has 272 valence electrons. The predicted octanol–water partition coefficient (Wildman–Crippen LogP) is 1.23. The molecule has 0 aliphatic carbocycles. The summed E-state index contributed by atoms with van der Waals surface area (Å²) in [4.78, 5) is 62.5. The van der Waals surface area contributed by atoms with E-state index in [-0.39, 0.29) is 37.4 Å². The number of carbonyl (C=O) groups is 4. The third kappa shape index (κ3) is 7.52. The number of ether oxygens (including phenoxy) is 4. The zero-order chi connectivity index (χ0) is 35.1. The average Bonchev–Trinajstić information content (AvgIpc) is 3.51. The molecule has 13 heteroatoms. The van der Waals surface area contributed by atoms with Crippen molar-refractivity contribution in [1.82, 2.24) is 20.0 Å². The number of fused-ring (bicyclic) bond motifs is 2. The minimum Gasteiger partial charge on any atom is -0.455 e. The first-order chi connectivity index (χ1) is 24.4. The van der Waals surface area contributed by atoms with Gasteiger partial charge in [0, 0.05) is 59.4 Å². The third-order valence-electron chi connectivity index (χ3n) is 10.5. The maximum Gasteiger partial charge on any atom is 0.313 e. The number of carbonyl (C=O) groups excluding carboxylic acids is 4. The number of nitrogens with zero attached hydrogens (tertiary/aromatic N) is 3. The van der Waals surface area contributed by atoms with E-state index in [1.54, 1.807) is 22.0 Å². The van der Waals surface area contributed by atoms with Gasteiger partial charge in [0.1, 0.15) is 23.7 Å². The van der Waals surface area contributed by atoms with E-state index in [0.29, 0.717) is 70.6 Å². The normalized spacial score (nSPS) is 32.7. The molecule has 5 aliphatic heterocycles. The largest absolute Gasteiger partial charge is 0.455 e. The Bertz CT molecular complexity index is 1420. The first kappa shape index (κ1) is 36.2. The predicted molar refractivity (Wildman–Crippen MR) is 181 cm³/mol. The van der Waals surface area contributed by atoms with Crippen molar-refractivity contribution >= 4 is 23.7 Å². The van der Waals surface area contributed by atoms with Gasteiger partial charge in [0.05, 0.1) is 37.9 Å². The molecule has 6 rings (SSSR count). The minimum atomic E-state index is -1.40. The zero-order valence-electron chi connectivity index (χ0n) is 28.8. The topological polar surface area (TPSA) is 147 Å². The number of amides is 3. The summed E-state index contributed by atoms with van der Waals surface area (Å²) in [6, 6.07) is 7.50. The number of benzene rings is 1. The summed E-state index contributed by atoms with van der Waals surface area (Å²) >= 11 is 0. The molecule has 7 atom stereocenters. The second-order valence-corrected chi connectivity index (χ2v) is 13.7. The highest BCUT2D eigenvalue weighted by Crippen LogP contribution is 2.53. The summed E-state index contributed by atoms with van der Waals surface area (Å²) in [5.74, 6) is -3.46. The summed E-state index contributed by atoms with van der Waals surface area (Å²) < 4.78 is 24.1. The van der Waals surface area contributed by atoms with Crippen LogP contribution in [0.25, 0.3) is 0 Å². The van der Waals surface area contributed by atoms with Crippen molar-refractivity contribution in [3.05, 3.63) is 60.2 Å². The van der Waals surface area contributed by atoms with Crippen LogP contribution in [0.2, 0.25) is 0 Å². The van der Waals surface area contributed by atoms with E-state index in [0.717, 1.165) is 13.1 Å². The van der Waals surface area contributed by atoms with Gasteiger partial charge in [-0.05, 0) is 31.2 Å². The number of methoxy groups -OCH3 is 1. The van der Waals surface area contributed by atoms with Crippen molar-refractivity contribution in [1.29, 1.82) is 0 Å². The number of cyclic esters (lactones) is 1. The molecule has 2 N–H and O–H groups in total. The van der Waals surface area contributed by atoms with Crippen molar-refractivity contribution in [2.75, 3.05) is 72.8 Å². The number of aliphatic hydroxyl groups excluding tert-OH is 1. The van der Waals surface area contributed by atoms with Crippen molar-refractivity contribution in [2.45, 2.75) is 62.0 Å². The molecule has 0 unspecified atom stereocenters. The average molecular weight is 695 g/mol. The van der Waals surface area contributed by atoms with Crippen LogP contribution in [-0.4, -0.2) is 140 Å². The van der Waals surface area contributed by atoms with Gasteiger partial charge in [-0.1, -0.05) is 54.6 Å². The molecule has 0 radical (unpaired) electrons. The van der Waals surface area contributed by atoms with Gasteiger partial charge in [-0.3, -0.25) is 24.1 Å². The lowest BCUT2D eigenvalue weighted by molar-refractivity contribution is -0.162. The molecule has 3 saturated heterocycles. The van der Waals surface area contributed by atoms with Gasteiger partial charge in [0.25, 0.3) is 0 Å². The Kier molecular flexibility index (Phi) is 12.0. The maximum atomic E-state index is 14.7. The lowest BCUT2D eigenvalue weighted by atomic mass is 9.77. The van der Waals surface area contributed by atoms with Crippen LogP contribution in [0, 0.1) is 11.8 Å². The van der Waals surface area contributed by atoms with E-state index in [2.05, 4.69) is 10.2 Å². The van der Waals surface area contributed by atoms with Crippen molar-refractivity contribution < 1.29 is 43.2 Å². The van der Waals surface area contributed by atoms with Gasteiger partial charge in [-0.2, -0.15) is 0 Å². The summed E-state index contributed by atoms with van der Waals surface area (Å²) in [5, 5.41) is 12.4. The molecule has 50 heavy (non-hydrogen) atoms. The molecule has 1 aromatic rings. The summed E-state index contributed by atoms with van der Waals surface area (Å²) in [6.45, 7) is 4.81. The van der Waals surface area contributed by atoms with Crippen LogP contribution in [0.4, 0.5) is 0 Å². The summed E-state index contributed by atoms with van der Waals surface area (Å²) in [5.41, 5.74) is -0.734. The number of hydrogen-bond donors (Lipinski definition) is 2. The Labute approximate surface area is 293 Å². The highest BCUT2D eigenvalue weighted by Gasteiger charge is 2.71. The molecule has 1 spiro atoms. The van der Waals surface area contributed by atoms with Crippen molar-refractivity contribution in [3.63, 3.8) is 0 Å². The first-order valence-electron chi connectivity index (χ1n) is 17.9. The molecular weight excluding hydrogens is 644 g/mol. The number of allylic oxidation sites excluding steroid dienone is 1. The second-order valence-electron chi connectivity index (χ2n) is 13.7. The maximum absolute atomic E-state index is 14.7. The molecule has 3 fully saturated rings. The SMILES string of the molecule is COC[C@H]1NC(=O)CC/C=C\[C@H]2O[C@]34C=CCN(CCN5CCOCC5)C(=O)[C@H]3N(CCCCCO)C(=O)[C@@H]4[C@H]2C(=O)O[C@@H]1c1ccccc1. The monoisotopic (exact) mass is 694 g/mol. The molecule has 1 aromatic carbocycles. The summed E-state index contributed by atoms with van der Waals surface area (Å²) in [6.07, 6.45) is 7.92. The quantitative estimate of drug-likeness (QED) is 0.197. The van der Waals surface area contributed by atoms with Crippen LogP contribution in [-0.2, 0) is 38.1 Å². The minimum absolute atomic E-state index is 0.0407. The number of nitrogens with one attached hydrogen (secondary N) is 1. The van der Waals surface area contributed by atoms with Crippen LogP contribution in [0.3, 0.4) is 0 Å². The standard InChI is InChI=1S/C37H50N4O9/c1-47-25-27-32(26-11-4-2-5-12-26)49-36(46)30-28(13-6-7-14-29(43)38-27)50-37-15-10-16-40(19-18-39-20-23-48-24-21-39)35(45)33(37)41(34(44)31(30)37)17-8-3-9-22-42/h2,4-6,10-13,15,27-28,30-33,42H,3,7-9,14,16-25H2,1H3,(H,38,43)/b13-6-/t27-,28-,30+,31+,32-,33-,37+/m1/s1. The number of esters is 1. The van der Waals surface area contributed by atoms with E-state index in [1.807, 2.05) is 42.5 Å². The number of morpholine rings is 1. The van der Waals surface area contributed by atoms with Crippen molar-refractivity contribution in [3.8, 4) is 0 Å². The van der Waals surface area contributed by atoms with Crippen molar-refractivity contribution in [2.24, 2.45) is 11.8 Å². The Hall–Kier alpha value is -3.62. The van der Waals surface area contributed by atoms with E-state index in [4.69, 9.17) is 18.9 Å². The summed E-state index contributed by atoms with van der Waals surface area (Å²) in [7, 11) is 1.52. The highest BCUT2D eigenvalue weighted by atomic mass is 16.6. The van der Waals surface area contributed by atoms with Crippen LogP contribution in [0.1, 0.15) is 43.8 Å². The Morgan fingerprint density at radius 2 is 1.78 bits per heavy atom. The number of rotatable bonds is 11. The van der Waals surface area contributed by atoms with Gasteiger partial charge in [-0.15, -0.1) is 0 Å². The van der Waals surface area contributed by atoms with Crippen LogP contribution in [0.5, 0.6) is 0 Å². The Balaban J connectivity index is 1.36. The number of aliphatic hydroxyl groups is 1. The molecule has 5 aliphatic rings. The van der Waals surface area contributed by atoms with E-state index in [9.17, 15) is 24.3 Å². The Morgan fingerprint density at radius 3 is 2.54 bits per heavy atom. The first-order valence-corrected chi connectivity index (χ1v) is 17.9. The Morgan fingerprint density at radius 1 is 0.980 bits per heavy atom. The smallest absolute Gasteiger partial charge is 0.313 e. The molecule has 13 nitrogen and oxygen atoms in total. The van der Waals surface area contributed by atoms with Gasteiger partial charge in [0.15, 0.2) is 0 Å². The lowest BCUT2D eigenvalue weighted by Crippen LogP contribution is -2.56. The van der Waals surface area contributed by atoms with Gasteiger partial charge in [0.2, 0.25) is 17.7 Å². The molecule has 0 aromatic heterocycles. The fourth-order valence-electron chi connectivity index (χ4n) is 8.04. The van der Waals surface area contributed by atoms with E-state index >= 15 is 0 Å². The van der Waals surface area contributed by atoms with Gasteiger partial charge >= 0.3 is 5.97 Å². The van der Waals surface area contributed by atoms with Gasteiger partial charge in [-0.25, -0.2) is 0 Å². The zero-order valence-corrected chi connectivity index (χ0v) is 28.8. The van der Waals surface area contributed by atoms with Gasteiger partial charge < -0.3 is 39.2 Å². The molecule has 3 amide bonds. The number of unbranched alkanes of at least 4 members (excludes halogenated alkanes) is 2. The molecular formula is C37H50N4O9. The van der Waals surface area contributed by atoms with E-state index < -0.39 is 47.7 Å². The number of hydrogen-bond acceptors (Lipinski definition) is 10. The molecule has 0 bridgehead atoms.